The van der Waals surface area contributed by atoms with E-state index < -0.39 is 11.9 Å². The van der Waals surface area contributed by atoms with Crippen LogP contribution in [0, 0.1) is 24.2 Å². The number of halogens is 5. The summed E-state index contributed by atoms with van der Waals surface area (Å²) >= 11 is 1.24. The van der Waals surface area contributed by atoms with E-state index in [1.165, 1.54) is 29.4 Å². The van der Waals surface area contributed by atoms with E-state index in [9.17, 15) is 27.6 Å². The highest BCUT2D eigenvalue weighted by molar-refractivity contribution is 7.19. The van der Waals surface area contributed by atoms with Gasteiger partial charge in [0, 0.05) is 35.8 Å². The molecule has 2 saturated heterocycles. The lowest BCUT2D eigenvalue weighted by Gasteiger charge is -2.21. The molecule has 3 amide bonds. The summed E-state index contributed by atoms with van der Waals surface area (Å²) < 4.78 is 42.1. The van der Waals surface area contributed by atoms with Crippen LogP contribution in [0.5, 0.6) is 0 Å². The molecule has 3 aliphatic rings. The van der Waals surface area contributed by atoms with Crippen molar-refractivity contribution >= 4 is 64.1 Å². The summed E-state index contributed by atoms with van der Waals surface area (Å²) in [5, 5.41) is 3.15. The number of fused-ring (bicyclic) bond motifs is 2. The van der Waals surface area contributed by atoms with E-state index in [1.54, 1.807) is 17.0 Å². The van der Waals surface area contributed by atoms with Crippen molar-refractivity contribution in [1.29, 1.82) is 0 Å². The molecular weight excluding hydrogens is 614 g/mol. The quantitative estimate of drug-likeness (QED) is 0.389. The number of imide groups is 1. The minimum absolute atomic E-state index is 0. The monoisotopic (exact) mass is 643 g/mol. The number of aromatic nitrogens is 2. The predicted octanol–water partition coefficient (Wildman–Crippen LogP) is 5.10. The average molecular weight is 645 g/mol. The van der Waals surface area contributed by atoms with Gasteiger partial charge in [0.1, 0.15) is 5.69 Å². The molecule has 1 N–H and O–H groups in total. The highest BCUT2D eigenvalue weighted by Crippen LogP contribution is 2.63. The maximum absolute atomic E-state index is 13.9. The Kier molecular flexibility index (Phi) is 8.44. The van der Waals surface area contributed by atoms with Crippen LogP contribution in [0.25, 0.3) is 21.5 Å². The molecule has 42 heavy (non-hydrogen) atoms. The number of likely N-dealkylation sites (tertiary alicyclic amines) is 2. The van der Waals surface area contributed by atoms with Crippen molar-refractivity contribution in [1.82, 2.24) is 25.1 Å². The molecule has 14 heteroatoms. The first-order valence-electron chi connectivity index (χ1n) is 13.1. The molecule has 3 fully saturated rings. The molecule has 3 aromatic rings. The van der Waals surface area contributed by atoms with E-state index >= 15 is 0 Å². The first-order valence-corrected chi connectivity index (χ1v) is 13.9. The lowest BCUT2D eigenvalue weighted by molar-refractivity contribution is -0.144. The molecule has 226 valence electrons. The zero-order chi connectivity index (χ0) is 28.7. The van der Waals surface area contributed by atoms with Crippen molar-refractivity contribution in [2.24, 2.45) is 17.3 Å². The number of nitrogens with one attached hydrogen (secondary N) is 1. The van der Waals surface area contributed by atoms with E-state index in [4.69, 9.17) is 0 Å². The molecule has 8 nitrogen and oxygen atoms in total. The second-order valence-corrected chi connectivity index (χ2v) is 12.5. The number of hydrogen-bond acceptors (Lipinski definition) is 7. The van der Waals surface area contributed by atoms with E-state index in [2.05, 4.69) is 15.3 Å². The first-order chi connectivity index (χ1) is 18.8. The third-order valence-corrected chi connectivity index (χ3v) is 9.67. The van der Waals surface area contributed by atoms with Crippen LogP contribution in [-0.2, 0) is 22.3 Å². The molecule has 0 spiro atoms. The number of alkyl halides is 3. The van der Waals surface area contributed by atoms with Crippen LogP contribution in [0.1, 0.15) is 46.8 Å². The van der Waals surface area contributed by atoms with E-state index in [0.29, 0.717) is 33.7 Å². The number of carbonyl (C=O) groups is 3. The van der Waals surface area contributed by atoms with Gasteiger partial charge in [0.15, 0.2) is 0 Å². The number of likely N-dealkylation sites (N-methyl/N-ethyl adjacent to an activating group) is 1. The fraction of sp³-hybridized carbons (Fsp3) is 0.464. The number of piperidine rings is 1. The van der Waals surface area contributed by atoms with Gasteiger partial charge in [0.05, 0.1) is 39.9 Å². The normalized spacial score (nSPS) is 22.7. The Morgan fingerprint density at radius 1 is 1.17 bits per heavy atom. The third kappa shape index (κ3) is 5.06. The van der Waals surface area contributed by atoms with Gasteiger partial charge in [-0.15, -0.1) is 36.2 Å². The van der Waals surface area contributed by atoms with E-state index in [0.717, 1.165) is 12.5 Å². The largest absolute Gasteiger partial charge is 0.433 e. The maximum atomic E-state index is 13.9. The number of hydrogen-bond donors (Lipinski definition) is 1. The number of pyridine rings is 2. The van der Waals surface area contributed by atoms with Crippen LogP contribution < -0.4 is 5.32 Å². The van der Waals surface area contributed by atoms with Crippen molar-refractivity contribution in [2.75, 3.05) is 20.1 Å². The smallest absolute Gasteiger partial charge is 0.337 e. The van der Waals surface area contributed by atoms with Crippen molar-refractivity contribution < 1.29 is 27.6 Å². The molecule has 3 unspecified atom stereocenters. The van der Waals surface area contributed by atoms with Crippen molar-refractivity contribution in [2.45, 2.75) is 46.0 Å². The Bertz CT molecular complexity index is 1570. The van der Waals surface area contributed by atoms with Gasteiger partial charge in [-0.25, -0.2) is 4.98 Å². The van der Waals surface area contributed by atoms with Gasteiger partial charge >= 0.3 is 6.18 Å². The Balaban J connectivity index is 0.00000202. The first kappa shape index (κ1) is 32.1. The summed E-state index contributed by atoms with van der Waals surface area (Å²) in [7, 11) is 1.81. The maximum Gasteiger partial charge on any atom is 0.433 e. The molecular formula is C28H30Cl2F3N5O3S. The molecule has 1 aliphatic carbocycles. The lowest BCUT2D eigenvalue weighted by atomic mass is 9.99. The minimum atomic E-state index is -4.70. The summed E-state index contributed by atoms with van der Waals surface area (Å²) in [6.07, 6.45) is -2.49. The molecule has 6 rings (SSSR count). The zero-order valence-electron chi connectivity index (χ0n) is 23.2. The second-order valence-electron chi connectivity index (χ2n) is 11.4. The number of aryl methyl sites for hydroxylation is 1. The molecule has 0 radical (unpaired) electrons. The topological polar surface area (TPSA) is 95.5 Å². The minimum Gasteiger partial charge on any atom is -0.337 e. The fourth-order valence-electron chi connectivity index (χ4n) is 6.19. The second kappa shape index (κ2) is 11.0. The zero-order valence-corrected chi connectivity index (χ0v) is 25.7. The third-order valence-electron chi connectivity index (χ3n) is 8.53. The molecule has 1 saturated carbocycles. The van der Waals surface area contributed by atoms with Crippen LogP contribution in [0.2, 0.25) is 0 Å². The Morgan fingerprint density at radius 2 is 1.83 bits per heavy atom. The SMILES string of the molecule is CNC1CCN(C(=O)c2c(C)cc(C(F)(F)F)nc2-c2ccnc3cc(CN4C(=O)C5C(C4=O)C5(C)C)sc23)C1.Cl.Cl. The van der Waals surface area contributed by atoms with Gasteiger partial charge in [0.25, 0.3) is 5.91 Å². The van der Waals surface area contributed by atoms with Crippen LogP contribution in [0.15, 0.2) is 24.4 Å². The van der Waals surface area contributed by atoms with Gasteiger partial charge in [-0.05, 0) is 49.6 Å². The summed E-state index contributed by atoms with van der Waals surface area (Å²) in [4.78, 5) is 51.4. The van der Waals surface area contributed by atoms with Gasteiger partial charge in [-0.1, -0.05) is 13.8 Å². The fourth-order valence-corrected chi connectivity index (χ4v) is 7.31. The van der Waals surface area contributed by atoms with E-state index in [1.807, 2.05) is 20.9 Å². The highest BCUT2D eigenvalue weighted by Gasteiger charge is 2.72. The highest BCUT2D eigenvalue weighted by atomic mass is 35.5. The number of rotatable bonds is 5. The lowest BCUT2D eigenvalue weighted by Crippen LogP contribution is -2.35. The Hall–Kier alpha value is -2.80. The van der Waals surface area contributed by atoms with Crippen molar-refractivity contribution in [3.8, 4) is 11.3 Å². The van der Waals surface area contributed by atoms with Gasteiger partial charge in [-0.2, -0.15) is 13.2 Å². The Labute approximate surface area is 256 Å². The van der Waals surface area contributed by atoms with Crippen LogP contribution in [0.3, 0.4) is 0 Å². The number of thiophene rings is 1. The van der Waals surface area contributed by atoms with Gasteiger partial charge in [0.2, 0.25) is 11.8 Å². The number of amides is 3. The number of nitrogens with zero attached hydrogens (tertiary/aromatic N) is 4. The molecule has 0 bridgehead atoms. The van der Waals surface area contributed by atoms with Crippen LogP contribution in [0.4, 0.5) is 13.2 Å². The predicted molar refractivity (Wildman–Crippen MR) is 157 cm³/mol. The molecule has 5 heterocycles. The van der Waals surface area contributed by atoms with Gasteiger partial charge < -0.3 is 10.2 Å². The molecule has 3 aromatic heterocycles. The molecule has 3 atom stereocenters. The molecule has 2 aliphatic heterocycles. The number of carbonyl (C=O) groups excluding carboxylic acids is 3. The van der Waals surface area contributed by atoms with E-state index in [-0.39, 0.29) is 89.2 Å². The Morgan fingerprint density at radius 3 is 2.43 bits per heavy atom. The summed E-state index contributed by atoms with van der Waals surface area (Å²) in [6, 6.07) is 4.32. The standard InChI is InChI=1S/C28H28F3N5O3S.2ClH/c1-13-9-18(28(29,30)31)34-22(19(13)24(37)35-8-6-14(11-35)32-4)16-5-7-33-17-10-15(40-23(16)17)12-36-25(38)20-21(26(36)39)27(20,2)3;;/h5,7,9-10,14,20-21,32H,6,8,11-12H2,1-4H3;2*1H. The summed E-state index contributed by atoms with van der Waals surface area (Å²) in [5.74, 6) is -1.37. The molecule has 0 aromatic carbocycles. The van der Waals surface area contributed by atoms with Gasteiger partial charge in [-0.3, -0.25) is 24.3 Å². The summed E-state index contributed by atoms with van der Waals surface area (Å²) in [6.45, 7) is 6.32. The average Bonchev–Trinajstić information content (AvgIpc) is 3.32. The van der Waals surface area contributed by atoms with Crippen LogP contribution in [-0.4, -0.2) is 63.7 Å². The van der Waals surface area contributed by atoms with Crippen molar-refractivity contribution in [3.63, 3.8) is 0 Å². The van der Waals surface area contributed by atoms with Crippen LogP contribution >= 0.6 is 36.2 Å². The van der Waals surface area contributed by atoms with Crippen molar-refractivity contribution in [3.05, 3.63) is 46.1 Å². The summed E-state index contributed by atoms with van der Waals surface area (Å²) in [5.41, 5.74) is -0.297.